The third-order valence-electron chi connectivity index (χ3n) is 5.49. The molecule has 0 saturated heterocycles. The summed E-state index contributed by atoms with van der Waals surface area (Å²) in [6.07, 6.45) is 1.95. The van der Waals surface area contributed by atoms with E-state index in [2.05, 4.69) is 0 Å². The Morgan fingerprint density at radius 3 is 2.61 bits per heavy atom. The van der Waals surface area contributed by atoms with E-state index in [1.165, 1.54) is 6.26 Å². The van der Waals surface area contributed by atoms with Gasteiger partial charge in [-0.3, -0.25) is 4.79 Å². The summed E-state index contributed by atoms with van der Waals surface area (Å²) in [7, 11) is 0. The molecular formula is C26H19ClO6. The van der Waals surface area contributed by atoms with Crippen molar-refractivity contribution in [2.75, 3.05) is 13.2 Å². The minimum Gasteiger partial charge on any atom is -0.486 e. The van der Waals surface area contributed by atoms with Crippen molar-refractivity contribution in [3.63, 3.8) is 0 Å². The lowest BCUT2D eigenvalue weighted by Gasteiger charge is -2.18. The predicted octanol–water partition coefficient (Wildman–Crippen LogP) is 5.67. The smallest absolute Gasteiger partial charge is 0.345 e. The number of benzene rings is 3. The van der Waals surface area contributed by atoms with Crippen molar-refractivity contribution in [1.82, 2.24) is 0 Å². The zero-order chi connectivity index (χ0) is 22.9. The van der Waals surface area contributed by atoms with E-state index in [9.17, 15) is 9.59 Å². The molecule has 1 aliphatic heterocycles. The molecule has 166 valence electrons. The molecule has 0 bridgehead atoms. The molecule has 2 heterocycles. The topological polar surface area (TPSA) is 75.0 Å². The molecule has 1 aromatic heterocycles. The van der Waals surface area contributed by atoms with Crippen molar-refractivity contribution < 1.29 is 23.4 Å². The molecule has 0 N–H and O–H groups in total. The molecule has 0 fully saturated rings. The molecule has 1 aliphatic rings. The Morgan fingerprint density at radius 1 is 1.03 bits per heavy atom. The fraction of sp³-hybridized carbons (Fsp3) is 0.154. The molecule has 0 saturated carbocycles. The Kier molecular flexibility index (Phi) is 5.52. The minimum absolute atomic E-state index is 0.188. The van der Waals surface area contributed by atoms with E-state index in [1.807, 2.05) is 6.92 Å². The Labute approximate surface area is 194 Å². The van der Waals surface area contributed by atoms with Crippen molar-refractivity contribution in [2.24, 2.45) is 0 Å². The molecule has 0 spiro atoms. The quantitative estimate of drug-likeness (QED) is 0.287. The molecule has 33 heavy (non-hydrogen) atoms. The highest BCUT2D eigenvalue weighted by Crippen LogP contribution is 2.35. The zero-order valence-corrected chi connectivity index (χ0v) is 18.5. The number of carbonyl (C=O) groups is 1. The summed E-state index contributed by atoms with van der Waals surface area (Å²) in [5.74, 6) is 0.984. The number of fused-ring (bicyclic) bond motifs is 2. The van der Waals surface area contributed by atoms with Gasteiger partial charge in [-0.1, -0.05) is 36.7 Å². The van der Waals surface area contributed by atoms with Crippen LogP contribution in [0.3, 0.4) is 0 Å². The van der Waals surface area contributed by atoms with Crippen LogP contribution in [0.1, 0.15) is 22.8 Å². The van der Waals surface area contributed by atoms with Gasteiger partial charge in [-0.25, -0.2) is 4.79 Å². The average Bonchev–Trinajstić information content (AvgIpc) is 2.84. The number of halogens is 1. The van der Waals surface area contributed by atoms with Crippen LogP contribution in [0.2, 0.25) is 5.02 Å². The van der Waals surface area contributed by atoms with E-state index < -0.39 is 5.97 Å². The van der Waals surface area contributed by atoms with Crippen LogP contribution in [0, 0.1) is 0 Å². The van der Waals surface area contributed by atoms with E-state index in [-0.39, 0.29) is 11.0 Å². The van der Waals surface area contributed by atoms with Gasteiger partial charge in [-0.15, -0.1) is 0 Å². The van der Waals surface area contributed by atoms with Crippen LogP contribution in [0.25, 0.3) is 22.1 Å². The molecule has 5 rings (SSSR count). The first-order chi connectivity index (χ1) is 16.0. The first kappa shape index (κ1) is 21.1. The summed E-state index contributed by atoms with van der Waals surface area (Å²) in [6.45, 7) is 2.87. The highest BCUT2D eigenvalue weighted by Gasteiger charge is 2.19. The monoisotopic (exact) mass is 462 g/mol. The van der Waals surface area contributed by atoms with Crippen LogP contribution in [0.4, 0.5) is 0 Å². The van der Waals surface area contributed by atoms with Gasteiger partial charge >= 0.3 is 5.97 Å². The van der Waals surface area contributed by atoms with Crippen molar-refractivity contribution in [3.8, 4) is 28.4 Å². The lowest BCUT2D eigenvalue weighted by molar-refractivity contribution is 0.0733. The summed E-state index contributed by atoms with van der Waals surface area (Å²) in [5.41, 5.74) is 2.17. The molecule has 4 aromatic rings. The molecule has 6 nitrogen and oxygen atoms in total. The van der Waals surface area contributed by atoms with Crippen molar-refractivity contribution in [1.29, 1.82) is 0 Å². The van der Waals surface area contributed by atoms with Crippen molar-refractivity contribution >= 4 is 28.5 Å². The molecular weight excluding hydrogens is 444 g/mol. The summed E-state index contributed by atoms with van der Waals surface area (Å²) in [6, 6.07) is 15.3. The molecule has 0 atom stereocenters. The lowest BCUT2D eigenvalue weighted by Crippen LogP contribution is -2.15. The Balaban J connectivity index is 1.54. The number of esters is 1. The maximum atomic E-state index is 13.3. The zero-order valence-electron chi connectivity index (χ0n) is 17.7. The highest BCUT2D eigenvalue weighted by atomic mass is 35.5. The largest absolute Gasteiger partial charge is 0.486 e. The normalized spacial score (nSPS) is 12.5. The Bertz CT molecular complexity index is 1440. The number of ether oxygens (including phenoxy) is 3. The third kappa shape index (κ3) is 3.94. The van der Waals surface area contributed by atoms with Crippen LogP contribution in [-0.2, 0) is 6.42 Å². The predicted molar refractivity (Wildman–Crippen MR) is 125 cm³/mol. The lowest BCUT2D eigenvalue weighted by atomic mass is 10.0. The number of rotatable bonds is 4. The van der Waals surface area contributed by atoms with E-state index in [1.54, 1.807) is 54.6 Å². The average molecular weight is 463 g/mol. The summed E-state index contributed by atoms with van der Waals surface area (Å²) in [5, 5.41) is 0.703. The molecule has 3 aromatic carbocycles. The maximum absolute atomic E-state index is 13.3. The second-order valence-electron chi connectivity index (χ2n) is 7.52. The van der Waals surface area contributed by atoms with Crippen LogP contribution in [0.15, 0.2) is 70.1 Å². The van der Waals surface area contributed by atoms with Crippen LogP contribution in [-0.4, -0.2) is 19.2 Å². The SMILES string of the molecule is CCc1cc2c(=O)c(-c3ccc4c(c3)OCCO4)coc2cc1OC(=O)c1ccccc1Cl. The van der Waals surface area contributed by atoms with Crippen LogP contribution >= 0.6 is 11.6 Å². The fourth-order valence-electron chi connectivity index (χ4n) is 3.76. The third-order valence-corrected chi connectivity index (χ3v) is 5.82. The van der Waals surface area contributed by atoms with Crippen LogP contribution in [0.5, 0.6) is 17.2 Å². The Hall–Kier alpha value is -3.77. The van der Waals surface area contributed by atoms with Crippen LogP contribution < -0.4 is 19.6 Å². The van der Waals surface area contributed by atoms with E-state index in [0.29, 0.717) is 69.6 Å². The Morgan fingerprint density at radius 2 is 1.82 bits per heavy atom. The fourth-order valence-corrected chi connectivity index (χ4v) is 3.98. The first-order valence-corrected chi connectivity index (χ1v) is 10.9. The summed E-state index contributed by atoms with van der Waals surface area (Å²) >= 11 is 6.12. The van der Waals surface area contributed by atoms with Gasteiger partial charge < -0.3 is 18.6 Å². The molecule has 0 amide bonds. The van der Waals surface area contributed by atoms with Crippen molar-refractivity contribution in [2.45, 2.75) is 13.3 Å². The molecule has 0 aliphatic carbocycles. The maximum Gasteiger partial charge on any atom is 0.345 e. The summed E-state index contributed by atoms with van der Waals surface area (Å²) < 4.78 is 22.6. The highest BCUT2D eigenvalue weighted by molar-refractivity contribution is 6.33. The molecule has 0 radical (unpaired) electrons. The molecule has 0 unspecified atom stereocenters. The number of hydrogen-bond acceptors (Lipinski definition) is 6. The van der Waals surface area contributed by atoms with Gasteiger partial charge in [0.15, 0.2) is 11.5 Å². The minimum atomic E-state index is -0.579. The van der Waals surface area contributed by atoms with Crippen molar-refractivity contribution in [3.05, 3.63) is 87.2 Å². The van der Waals surface area contributed by atoms with Gasteiger partial charge in [0.05, 0.1) is 21.5 Å². The van der Waals surface area contributed by atoms with Gasteiger partial charge in [0.1, 0.15) is 30.8 Å². The first-order valence-electron chi connectivity index (χ1n) is 10.5. The van der Waals surface area contributed by atoms with Gasteiger partial charge in [-0.05, 0) is 47.9 Å². The van der Waals surface area contributed by atoms with E-state index in [0.717, 1.165) is 0 Å². The van der Waals surface area contributed by atoms with E-state index >= 15 is 0 Å². The van der Waals surface area contributed by atoms with Gasteiger partial charge in [0.25, 0.3) is 0 Å². The number of hydrogen-bond donors (Lipinski definition) is 0. The number of carbonyl (C=O) groups excluding carboxylic acids is 1. The standard InChI is InChI=1S/C26H19ClO6/c1-2-15-11-18-23(13-22(15)33-26(29)17-5-3-4-6-20(17)27)32-14-19(25(18)28)16-7-8-21-24(12-16)31-10-9-30-21/h3-8,11-14H,2,9-10H2,1H3. The number of aryl methyl sites for hydroxylation is 1. The van der Waals surface area contributed by atoms with Gasteiger partial charge in [0, 0.05) is 6.07 Å². The molecule has 7 heteroatoms. The van der Waals surface area contributed by atoms with E-state index in [4.69, 9.17) is 30.2 Å². The summed E-state index contributed by atoms with van der Waals surface area (Å²) in [4.78, 5) is 25.9. The second kappa shape index (κ2) is 8.64. The second-order valence-corrected chi connectivity index (χ2v) is 7.92. The van der Waals surface area contributed by atoms with Gasteiger partial charge in [-0.2, -0.15) is 0 Å². The van der Waals surface area contributed by atoms with Gasteiger partial charge in [0.2, 0.25) is 5.43 Å².